The van der Waals surface area contributed by atoms with E-state index in [0.29, 0.717) is 6.04 Å². The Morgan fingerprint density at radius 3 is 2.55 bits per heavy atom. The summed E-state index contributed by atoms with van der Waals surface area (Å²) in [6, 6.07) is 9.32. The van der Waals surface area contributed by atoms with Crippen LogP contribution in [-0.4, -0.2) is 12.6 Å². The highest BCUT2D eigenvalue weighted by Gasteiger charge is 2.26. The third-order valence-corrected chi connectivity index (χ3v) is 5.46. The summed E-state index contributed by atoms with van der Waals surface area (Å²) in [6.45, 7) is 5.80. The minimum atomic E-state index is 0.640. The van der Waals surface area contributed by atoms with Gasteiger partial charge in [0.25, 0.3) is 0 Å². The topological polar surface area (TPSA) is 12.0 Å². The summed E-state index contributed by atoms with van der Waals surface area (Å²) in [5.74, 6) is 1.78. The summed E-state index contributed by atoms with van der Waals surface area (Å²) in [5, 5.41) is 3.81. The number of nitrogens with one attached hydrogen (secondary N) is 1. The molecule has 1 fully saturated rings. The van der Waals surface area contributed by atoms with Crippen LogP contribution in [0.3, 0.4) is 0 Å². The molecule has 0 aromatic heterocycles. The fraction of sp³-hybridized carbons (Fsp3) is 0.667. The van der Waals surface area contributed by atoms with Gasteiger partial charge in [-0.15, -0.1) is 0 Å². The third-order valence-electron chi connectivity index (χ3n) is 4.68. The number of halogens is 1. The monoisotopic (exact) mass is 337 g/mol. The summed E-state index contributed by atoms with van der Waals surface area (Å²) in [5.41, 5.74) is 1.44. The summed E-state index contributed by atoms with van der Waals surface area (Å²) < 4.78 is 1.26. The Morgan fingerprint density at radius 1 is 1.20 bits per heavy atom. The average Bonchev–Trinajstić information content (AvgIpc) is 2.46. The second-order valence-electron chi connectivity index (χ2n) is 6.38. The molecule has 1 atom stereocenters. The van der Waals surface area contributed by atoms with Crippen molar-refractivity contribution in [2.45, 2.75) is 58.4 Å². The second-order valence-corrected chi connectivity index (χ2v) is 7.23. The van der Waals surface area contributed by atoms with Crippen molar-refractivity contribution in [3.05, 3.63) is 34.3 Å². The first-order valence-electron chi connectivity index (χ1n) is 8.17. The third kappa shape index (κ3) is 4.60. The van der Waals surface area contributed by atoms with E-state index >= 15 is 0 Å². The van der Waals surface area contributed by atoms with Gasteiger partial charge in [0.2, 0.25) is 0 Å². The molecule has 0 saturated heterocycles. The SMILES string of the molecule is CCCNC(Cc1ccccc1Br)C1CCC(C)CC1. The highest BCUT2D eigenvalue weighted by Crippen LogP contribution is 2.32. The second kappa shape index (κ2) is 8.19. The molecule has 0 heterocycles. The fourth-order valence-corrected chi connectivity index (χ4v) is 3.77. The van der Waals surface area contributed by atoms with Gasteiger partial charge >= 0.3 is 0 Å². The van der Waals surface area contributed by atoms with Gasteiger partial charge in [0.1, 0.15) is 0 Å². The van der Waals surface area contributed by atoms with Gasteiger partial charge < -0.3 is 5.32 Å². The molecule has 0 bridgehead atoms. The first-order chi connectivity index (χ1) is 9.70. The normalized spacial score (nSPS) is 24.6. The van der Waals surface area contributed by atoms with E-state index in [-0.39, 0.29) is 0 Å². The summed E-state index contributed by atoms with van der Waals surface area (Å²) in [4.78, 5) is 0. The van der Waals surface area contributed by atoms with Crippen LogP contribution in [0.15, 0.2) is 28.7 Å². The van der Waals surface area contributed by atoms with Gasteiger partial charge in [0, 0.05) is 10.5 Å². The lowest BCUT2D eigenvalue weighted by Gasteiger charge is -2.33. The number of rotatable bonds is 6. The minimum Gasteiger partial charge on any atom is -0.313 e. The van der Waals surface area contributed by atoms with Gasteiger partial charge in [0.05, 0.1) is 0 Å². The molecule has 1 aromatic rings. The predicted molar refractivity (Wildman–Crippen MR) is 91.0 cm³/mol. The van der Waals surface area contributed by atoms with Crippen LogP contribution < -0.4 is 5.32 Å². The molecule has 1 nitrogen and oxygen atoms in total. The van der Waals surface area contributed by atoms with Crippen molar-refractivity contribution in [3.63, 3.8) is 0 Å². The molecule has 0 aliphatic heterocycles. The van der Waals surface area contributed by atoms with Gasteiger partial charge in [-0.25, -0.2) is 0 Å². The molecule has 1 aliphatic rings. The maximum atomic E-state index is 3.81. The van der Waals surface area contributed by atoms with Gasteiger partial charge in [0.15, 0.2) is 0 Å². The van der Waals surface area contributed by atoms with Crippen molar-refractivity contribution in [2.24, 2.45) is 11.8 Å². The zero-order valence-corrected chi connectivity index (χ0v) is 14.5. The Kier molecular flexibility index (Phi) is 6.57. The van der Waals surface area contributed by atoms with E-state index in [1.165, 1.54) is 42.1 Å². The summed E-state index contributed by atoms with van der Waals surface area (Å²) in [6.07, 6.45) is 7.98. The Morgan fingerprint density at radius 2 is 1.90 bits per heavy atom. The molecule has 1 unspecified atom stereocenters. The maximum Gasteiger partial charge on any atom is 0.0207 e. The standard InChI is InChI=1S/C18H28BrN/c1-3-12-20-18(15-10-8-14(2)9-11-15)13-16-6-4-5-7-17(16)19/h4-7,14-15,18,20H,3,8-13H2,1-2H3. The smallest absolute Gasteiger partial charge is 0.0207 e. The predicted octanol–water partition coefficient (Wildman–Crippen LogP) is 5.19. The van der Waals surface area contributed by atoms with Crippen LogP contribution in [0.5, 0.6) is 0 Å². The fourth-order valence-electron chi connectivity index (χ4n) is 3.32. The van der Waals surface area contributed by atoms with Crippen LogP contribution in [-0.2, 0) is 6.42 Å². The molecule has 1 N–H and O–H groups in total. The number of benzene rings is 1. The Balaban J connectivity index is 2.01. The van der Waals surface area contributed by atoms with E-state index in [1.54, 1.807) is 0 Å². The van der Waals surface area contributed by atoms with Crippen LogP contribution in [0.4, 0.5) is 0 Å². The van der Waals surface area contributed by atoms with Crippen molar-refractivity contribution in [3.8, 4) is 0 Å². The lowest BCUT2D eigenvalue weighted by molar-refractivity contribution is 0.228. The van der Waals surface area contributed by atoms with Crippen molar-refractivity contribution in [1.29, 1.82) is 0 Å². The largest absolute Gasteiger partial charge is 0.313 e. The zero-order valence-electron chi connectivity index (χ0n) is 12.9. The molecule has 1 aromatic carbocycles. The highest BCUT2D eigenvalue weighted by molar-refractivity contribution is 9.10. The molecule has 2 heteroatoms. The lowest BCUT2D eigenvalue weighted by Crippen LogP contribution is -2.40. The quantitative estimate of drug-likeness (QED) is 0.753. The van der Waals surface area contributed by atoms with Crippen LogP contribution in [0, 0.1) is 11.8 Å². The minimum absolute atomic E-state index is 0.640. The van der Waals surface area contributed by atoms with Crippen molar-refractivity contribution in [1.82, 2.24) is 5.32 Å². The van der Waals surface area contributed by atoms with Crippen LogP contribution in [0.1, 0.15) is 51.5 Å². The highest BCUT2D eigenvalue weighted by atomic mass is 79.9. The molecule has 2 rings (SSSR count). The van der Waals surface area contributed by atoms with Gasteiger partial charge in [-0.3, -0.25) is 0 Å². The van der Waals surface area contributed by atoms with Crippen molar-refractivity contribution >= 4 is 15.9 Å². The maximum absolute atomic E-state index is 3.81. The van der Waals surface area contributed by atoms with Crippen LogP contribution in [0.25, 0.3) is 0 Å². The molecular weight excluding hydrogens is 310 g/mol. The Labute approximate surface area is 132 Å². The molecule has 1 saturated carbocycles. The average molecular weight is 338 g/mol. The zero-order chi connectivity index (χ0) is 14.4. The van der Waals surface area contributed by atoms with E-state index in [9.17, 15) is 0 Å². The van der Waals surface area contributed by atoms with E-state index in [2.05, 4.69) is 59.4 Å². The van der Waals surface area contributed by atoms with Gasteiger partial charge in [-0.1, -0.05) is 60.8 Å². The van der Waals surface area contributed by atoms with E-state index < -0.39 is 0 Å². The van der Waals surface area contributed by atoms with E-state index in [0.717, 1.165) is 24.8 Å². The molecular formula is C18H28BrN. The molecule has 0 amide bonds. The molecule has 0 spiro atoms. The number of hydrogen-bond acceptors (Lipinski definition) is 1. The Bertz CT molecular complexity index is 396. The molecule has 0 radical (unpaired) electrons. The molecule has 1 aliphatic carbocycles. The molecule has 112 valence electrons. The Hall–Kier alpha value is -0.340. The van der Waals surface area contributed by atoms with Crippen LogP contribution >= 0.6 is 15.9 Å². The summed E-state index contributed by atoms with van der Waals surface area (Å²) >= 11 is 3.70. The number of hydrogen-bond donors (Lipinski definition) is 1. The van der Waals surface area contributed by atoms with Gasteiger partial charge in [-0.05, 0) is 55.7 Å². The first kappa shape index (κ1) is 16.0. The first-order valence-corrected chi connectivity index (χ1v) is 8.96. The lowest BCUT2D eigenvalue weighted by atomic mass is 9.77. The summed E-state index contributed by atoms with van der Waals surface area (Å²) in [7, 11) is 0. The van der Waals surface area contributed by atoms with E-state index in [4.69, 9.17) is 0 Å². The van der Waals surface area contributed by atoms with Crippen LogP contribution in [0.2, 0.25) is 0 Å². The molecule has 20 heavy (non-hydrogen) atoms. The van der Waals surface area contributed by atoms with Gasteiger partial charge in [-0.2, -0.15) is 0 Å². The van der Waals surface area contributed by atoms with E-state index in [1.807, 2.05) is 0 Å². The van der Waals surface area contributed by atoms with Crippen molar-refractivity contribution < 1.29 is 0 Å². The van der Waals surface area contributed by atoms with Crippen molar-refractivity contribution in [2.75, 3.05) is 6.54 Å².